The zero-order valence-corrected chi connectivity index (χ0v) is 18.3. The Balaban J connectivity index is 1.36. The van der Waals surface area contributed by atoms with Gasteiger partial charge < -0.3 is 4.90 Å². The van der Waals surface area contributed by atoms with Crippen LogP contribution in [0.3, 0.4) is 0 Å². The van der Waals surface area contributed by atoms with Gasteiger partial charge >= 0.3 is 0 Å². The van der Waals surface area contributed by atoms with Crippen LogP contribution in [0.4, 0.5) is 0 Å². The quantitative estimate of drug-likeness (QED) is 0.499. The van der Waals surface area contributed by atoms with Crippen molar-refractivity contribution in [3.05, 3.63) is 81.3 Å². The van der Waals surface area contributed by atoms with Gasteiger partial charge in [-0.3, -0.25) is 9.69 Å². The lowest BCUT2D eigenvalue weighted by Crippen LogP contribution is -2.48. The minimum absolute atomic E-state index is 0.119. The number of hydrogen-bond donors (Lipinski definition) is 0. The molecule has 0 atom stereocenters. The van der Waals surface area contributed by atoms with E-state index in [1.165, 1.54) is 5.56 Å². The molecule has 7 heteroatoms. The van der Waals surface area contributed by atoms with E-state index in [9.17, 15) is 4.79 Å². The number of benzene rings is 2. The fourth-order valence-electron chi connectivity index (χ4n) is 3.40. The number of carbonyl (C=O) groups is 1. The van der Waals surface area contributed by atoms with E-state index in [-0.39, 0.29) is 5.91 Å². The molecule has 0 aliphatic carbocycles. The highest BCUT2D eigenvalue weighted by atomic mass is 35.5. The van der Waals surface area contributed by atoms with Gasteiger partial charge in [-0.15, -0.1) is 23.1 Å². The van der Waals surface area contributed by atoms with Crippen LogP contribution in [-0.4, -0.2) is 46.9 Å². The van der Waals surface area contributed by atoms with Crippen molar-refractivity contribution in [2.75, 3.05) is 26.2 Å². The first-order valence-corrected chi connectivity index (χ1v) is 11.8. The summed E-state index contributed by atoms with van der Waals surface area (Å²) in [6.45, 7) is 4.08. The Labute approximate surface area is 184 Å². The van der Waals surface area contributed by atoms with Crippen LogP contribution in [0.2, 0.25) is 5.02 Å². The lowest BCUT2D eigenvalue weighted by Gasteiger charge is -2.35. The normalized spacial score (nSPS) is 14.9. The van der Waals surface area contributed by atoms with E-state index in [0.29, 0.717) is 0 Å². The molecule has 1 aromatic heterocycles. The SMILES string of the molecule is O=C(c1ccccc1SCc1cscn1)N1CCN(Cc2cccc(Cl)c2)CC1. The largest absolute Gasteiger partial charge is 0.336 e. The lowest BCUT2D eigenvalue weighted by molar-refractivity contribution is 0.0625. The average Bonchev–Trinajstić information content (AvgIpc) is 3.26. The Kier molecular flexibility index (Phi) is 6.87. The third-order valence-electron chi connectivity index (χ3n) is 4.93. The molecule has 2 heterocycles. The van der Waals surface area contributed by atoms with Gasteiger partial charge in [0, 0.05) is 53.8 Å². The number of piperazine rings is 1. The van der Waals surface area contributed by atoms with E-state index in [1.54, 1.807) is 23.1 Å². The molecule has 0 spiro atoms. The van der Waals surface area contributed by atoms with E-state index >= 15 is 0 Å². The van der Waals surface area contributed by atoms with Crippen LogP contribution in [0, 0.1) is 0 Å². The molecular formula is C22H22ClN3OS2. The molecule has 2 aromatic carbocycles. The third-order valence-corrected chi connectivity index (χ3v) is 6.91. The van der Waals surface area contributed by atoms with Crippen molar-refractivity contribution in [2.24, 2.45) is 0 Å². The molecule has 0 bridgehead atoms. The predicted molar refractivity (Wildman–Crippen MR) is 121 cm³/mol. The summed E-state index contributed by atoms with van der Waals surface area (Å²) >= 11 is 9.36. The van der Waals surface area contributed by atoms with Gasteiger partial charge in [-0.2, -0.15) is 0 Å². The van der Waals surface area contributed by atoms with Gasteiger partial charge in [0.1, 0.15) is 0 Å². The molecule has 4 nitrogen and oxygen atoms in total. The Morgan fingerprint density at radius 1 is 1.10 bits per heavy atom. The van der Waals surface area contributed by atoms with Gasteiger partial charge in [0.25, 0.3) is 5.91 Å². The number of nitrogens with zero attached hydrogens (tertiary/aromatic N) is 3. The number of halogens is 1. The second-order valence-electron chi connectivity index (χ2n) is 6.96. The van der Waals surface area contributed by atoms with Crippen LogP contribution >= 0.6 is 34.7 Å². The molecule has 1 aliphatic heterocycles. The van der Waals surface area contributed by atoms with Gasteiger partial charge in [0.05, 0.1) is 16.8 Å². The molecule has 0 N–H and O–H groups in total. The minimum Gasteiger partial charge on any atom is -0.336 e. The highest BCUT2D eigenvalue weighted by molar-refractivity contribution is 7.98. The number of amides is 1. The summed E-state index contributed by atoms with van der Waals surface area (Å²) in [6, 6.07) is 15.9. The second-order valence-corrected chi connectivity index (χ2v) is 9.14. The van der Waals surface area contributed by atoms with E-state index in [2.05, 4.69) is 21.3 Å². The summed E-state index contributed by atoms with van der Waals surface area (Å²) in [5.41, 5.74) is 4.89. The summed E-state index contributed by atoms with van der Waals surface area (Å²) in [7, 11) is 0. The average molecular weight is 444 g/mol. The van der Waals surface area contributed by atoms with Crippen molar-refractivity contribution in [1.29, 1.82) is 0 Å². The van der Waals surface area contributed by atoms with Crippen LogP contribution in [-0.2, 0) is 12.3 Å². The summed E-state index contributed by atoms with van der Waals surface area (Å²) in [5, 5.41) is 2.82. The van der Waals surface area contributed by atoms with Crippen molar-refractivity contribution in [3.63, 3.8) is 0 Å². The molecule has 1 fully saturated rings. The van der Waals surface area contributed by atoms with Gasteiger partial charge in [-0.25, -0.2) is 4.98 Å². The van der Waals surface area contributed by atoms with Gasteiger partial charge in [0.15, 0.2) is 0 Å². The molecule has 4 rings (SSSR count). The Bertz CT molecular complexity index is 956. The summed E-state index contributed by atoms with van der Waals surface area (Å²) in [5.74, 6) is 0.898. The van der Waals surface area contributed by atoms with Crippen LogP contribution in [0.1, 0.15) is 21.6 Å². The number of rotatable bonds is 6. The van der Waals surface area contributed by atoms with Crippen molar-refractivity contribution in [2.45, 2.75) is 17.2 Å². The summed E-state index contributed by atoms with van der Waals surface area (Å²) < 4.78 is 0. The fraction of sp³-hybridized carbons (Fsp3) is 0.273. The molecule has 0 unspecified atom stereocenters. The maximum absolute atomic E-state index is 13.2. The fourth-order valence-corrected chi connectivity index (χ4v) is 5.23. The maximum Gasteiger partial charge on any atom is 0.255 e. The van der Waals surface area contributed by atoms with Gasteiger partial charge in [-0.05, 0) is 29.8 Å². The van der Waals surface area contributed by atoms with E-state index in [4.69, 9.17) is 11.6 Å². The zero-order chi connectivity index (χ0) is 20.1. The van der Waals surface area contributed by atoms with Gasteiger partial charge in [-0.1, -0.05) is 35.9 Å². The summed E-state index contributed by atoms with van der Waals surface area (Å²) in [4.78, 5) is 22.8. The molecule has 3 aromatic rings. The topological polar surface area (TPSA) is 36.4 Å². The summed E-state index contributed by atoms with van der Waals surface area (Å²) in [6.07, 6.45) is 0. The van der Waals surface area contributed by atoms with E-state index in [0.717, 1.165) is 59.7 Å². The highest BCUT2D eigenvalue weighted by Gasteiger charge is 2.24. The number of thiazole rings is 1. The first-order chi connectivity index (χ1) is 14.2. The molecule has 150 valence electrons. The Morgan fingerprint density at radius 2 is 1.93 bits per heavy atom. The Morgan fingerprint density at radius 3 is 2.69 bits per heavy atom. The number of aromatic nitrogens is 1. The molecule has 0 saturated carbocycles. The molecular weight excluding hydrogens is 422 g/mol. The smallest absolute Gasteiger partial charge is 0.255 e. The number of hydrogen-bond acceptors (Lipinski definition) is 5. The number of carbonyl (C=O) groups excluding carboxylic acids is 1. The van der Waals surface area contributed by atoms with E-state index in [1.807, 2.05) is 52.9 Å². The van der Waals surface area contributed by atoms with E-state index < -0.39 is 0 Å². The maximum atomic E-state index is 13.2. The molecule has 1 aliphatic rings. The number of thioether (sulfide) groups is 1. The lowest BCUT2D eigenvalue weighted by atomic mass is 10.1. The first kappa shape index (κ1) is 20.4. The van der Waals surface area contributed by atoms with Crippen molar-refractivity contribution in [1.82, 2.24) is 14.8 Å². The van der Waals surface area contributed by atoms with Crippen LogP contribution in [0.25, 0.3) is 0 Å². The van der Waals surface area contributed by atoms with Crippen LogP contribution < -0.4 is 0 Å². The van der Waals surface area contributed by atoms with Crippen LogP contribution in [0.15, 0.2) is 64.3 Å². The Hall–Kier alpha value is -1.86. The third kappa shape index (κ3) is 5.39. The zero-order valence-electron chi connectivity index (χ0n) is 16.0. The van der Waals surface area contributed by atoms with Crippen molar-refractivity contribution < 1.29 is 4.79 Å². The standard InChI is InChI=1S/C22H22ClN3OS2/c23-18-5-3-4-17(12-18)13-25-8-10-26(11-9-25)22(27)20-6-1-2-7-21(20)29-15-19-14-28-16-24-19/h1-7,12,14,16H,8-11,13,15H2. The van der Waals surface area contributed by atoms with Crippen LogP contribution in [0.5, 0.6) is 0 Å². The first-order valence-electron chi connectivity index (χ1n) is 9.54. The van der Waals surface area contributed by atoms with Crippen molar-refractivity contribution >= 4 is 40.6 Å². The molecule has 1 saturated heterocycles. The molecule has 0 radical (unpaired) electrons. The van der Waals surface area contributed by atoms with Crippen molar-refractivity contribution in [3.8, 4) is 0 Å². The molecule has 29 heavy (non-hydrogen) atoms. The molecule has 1 amide bonds. The second kappa shape index (κ2) is 9.76. The van der Waals surface area contributed by atoms with Gasteiger partial charge in [0.2, 0.25) is 0 Å². The monoisotopic (exact) mass is 443 g/mol. The minimum atomic E-state index is 0.119. The predicted octanol–water partition coefficient (Wildman–Crippen LogP) is 5.05. The highest BCUT2D eigenvalue weighted by Crippen LogP contribution is 2.27.